The van der Waals surface area contributed by atoms with Gasteiger partial charge in [0.2, 0.25) is 0 Å². The van der Waals surface area contributed by atoms with E-state index in [1.165, 1.54) is 11.8 Å². The molecule has 4 rings (SSSR count). The van der Waals surface area contributed by atoms with E-state index in [1.54, 1.807) is 23.1 Å². The number of nitrogens with one attached hydrogen (secondary N) is 1. The Morgan fingerprint density at radius 2 is 1.78 bits per heavy atom. The molecule has 6 nitrogen and oxygen atoms in total. The highest BCUT2D eigenvalue weighted by Gasteiger charge is 2.34. The molecule has 8 heteroatoms. The zero-order valence-corrected chi connectivity index (χ0v) is 22.8. The molecule has 0 spiro atoms. The normalized spacial score (nSPS) is 14.3. The van der Waals surface area contributed by atoms with Crippen LogP contribution in [-0.4, -0.2) is 29.3 Å². The first-order valence-corrected chi connectivity index (χ1v) is 13.1. The van der Waals surface area contributed by atoms with Gasteiger partial charge in [0.05, 0.1) is 17.2 Å². The van der Waals surface area contributed by atoms with Gasteiger partial charge in [-0.2, -0.15) is 0 Å². The van der Waals surface area contributed by atoms with Gasteiger partial charge in [-0.25, -0.2) is 0 Å². The lowest BCUT2D eigenvalue weighted by Gasteiger charge is -2.17. The van der Waals surface area contributed by atoms with Gasteiger partial charge < -0.3 is 14.8 Å². The zero-order valence-electron chi connectivity index (χ0n) is 21.2. The van der Waals surface area contributed by atoms with Gasteiger partial charge in [-0.1, -0.05) is 65.9 Å². The lowest BCUT2D eigenvalue weighted by Crippen LogP contribution is -2.28. The van der Waals surface area contributed by atoms with E-state index in [0.29, 0.717) is 27.3 Å². The molecule has 1 N–H and O–H groups in total. The molecule has 3 aromatic rings. The van der Waals surface area contributed by atoms with Crippen molar-refractivity contribution in [3.63, 3.8) is 0 Å². The Morgan fingerprint density at radius 1 is 1.00 bits per heavy atom. The molecule has 1 aliphatic rings. The van der Waals surface area contributed by atoms with Crippen molar-refractivity contribution in [3.05, 3.63) is 87.8 Å². The van der Waals surface area contributed by atoms with Crippen molar-refractivity contribution in [2.24, 2.45) is 0 Å². The minimum absolute atomic E-state index is 0.159. The first kappa shape index (κ1) is 26.4. The highest BCUT2D eigenvalue weighted by Crippen LogP contribution is 2.38. The van der Waals surface area contributed by atoms with Crippen LogP contribution in [0.5, 0.6) is 11.5 Å². The van der Waals surface area contributed by atoms with Crippen LogP contribution in [0.4, 0.5) is 11.4 Å². The Bertz CT molecular complexity index is 1400. The molecule has 190 valence electrons. The van der Waals surface area contributed by atoms with Gasteiger partial charge in [-0.05, 0) is 74.7 Å². The second-order valence-corrected chi connectivity index (χ2v) is 10.3. The molecule has 0 atom stereocenters. The Morgan fingerprint density at radius 3 is 2.51 bits per heavy atom. The van der Waals surface area contributed by atoms with Crippen LogP contribution in [0.2, 0.25) is 0 Å². The summed E-state index contributed by atoms with van der Waals surface area (Å²) in [6.45, 7) is 8.04. The van der Waals surface area contributed by atoms with E-state index in [0.717, 1.165) is 33.6 Å². The van der Waals surface area contributed by atoms with E-state index in [2.05, 4.69) is 5.32 Å². The minimum Gasteiger partial charge on any atom is -0.490 e. The monoisotopic (exact) mass is 532 g/mol. The van der Waals surface area contributed by atoms with Crippen LogP contribution in [0.25, 0.3) is 6.08 Å². The molecule has 0 unspecified atom stereocenters. The predicted molar refractivity (Wildman–Crippen MR) is 154 cm³/mol. The fourth-order valence-corrected chi connectivity index (χ4v) is 5.21. The molecule has 1 fully saturated rings. The van der Waals surface area contributed by atoms with E-state index < -0.39 is 0 Å². The van der Waals surface area contributed by atoms with Crippen LogP contribution < -0.4 is 19.7 Å². The van der Waals surface area contributed by atoms with E-state index in [4.69, 9.17) is 21.7 Å². The molecule has 0 aromatic heterocycles. The topological polar surface area (TPSA) is 67.9 Å². The smallest absolute Gasteiger partial charge is 0.270 e. The molecule has 0 radical (unpaired) electrons. The van der Waals surface area contributed by atoms with Crippen LogP contribution in [0, 0.1) is 20.8 Å². The number of hydrogen-bond donors (Lipinski definition) is 1. The maximum absolute atomic E-state index is 13.2. The number of amides is 2. The molecular weight excluding hydrogens is 504 g/mol. The Kier molecular flexibility index (Phi) is 8.31. The third kappa shape index (κ3) is 6.21. The highest BCUT2D eigenvalue weighted by atomic mass is 32.2. The lowest BCUT2D eigenvalue weighted by atomic mass is 10.1. The van der Waals surface area contributed by atoms with Crippen molar-refractivity contribution in [3.8, 4) is 11.5 Å². The largest absolute Gasteiger partial charge is 0.490 e. The van der Waals surface area contributed by atoms with Gasteiger partial charge in [-0.3, -0.25) is 14.5 Å². The Labute approximate surface area is 226 Å². The van der Waals surface area contributed by atoms with Crippen molar-refractivity contribution in [2.75, 3.05) is 23.4 Å². The summed E-state index contributed by atoms with van der Waals surface area (Å²) >= 11 is 6.80. The number of benzene rings is 3. The van der Waals surface area contributed by atoms with Crippen molar-refractivity contribution in [1.82, 2.24) is 0 Å². The first-order valence-electron chi connectivity index (χ1n) is 11.9. The number of thioether (sulfide) groups is 1. The molecule has 0 aliphatic carbocycles. The Hall–Kier alpha value is -3.62. The number of carbonyl (C=O) groups is 2. The fourth-order valence-electron chi connectivity index (χ4n) is 3.93. The highest BCUT2D eigenvalue weighted by molar-refractivity contribution is 8.27. The van der Waals surface area contributed by atoms with E-state index in [9.17, 15) is 9.59 Å². The molecule has 0 bridgehead atoms. The van der Waals surface area contributed by atoms with Gasteiger partial charge in [0.1, 0.15) is 0 Å². The summed E-state index contributed by atoms with van der Waals surface area (Å²) in [7, 11) is 0. The van der Waals surface area contributed by atoms with Crippen LogP contribution in [-0.2, 0) is 9.59 Å². The number of hydrogen-bond acceptors (Lipinski definition) is 6. The lowest BCUT2D eigenvalue weighted by molar-refractivity contribution is -0.118. The molecular formula is C29H28N2O4S2. The maximum Gasteiger partial charge on any atom is 0.270 e. The van der Waals surface area contributed by atoms with Crippen LogP contribution in [0.15, 0.2) is 65.6 Å². The van der Waals surface area contributed by atoms with Crippen molar-refractivity contribution in [1.29, 1.82) is 0 Å². The summed E-state index contributed by atoms with van der Waals surface area (Å²) < 4.78 is 12.0. The number of carbonyl (C=O) groups excluding carboxylic acids is 2. The van der Waals surface area contributed by atoms with Gasteiger partial charge in [-0.15, -0.1) is 0 Å². The number of nitrogens with zero attached hydrogens (tertiary/aromatic N) is 1. The molecule has 1 saturated heterocycles. The van der Waals surface area contributed by atoms with Crippen LogP contribution in [0.3, 0.4) is 0 Å². The van der Waals surface area contributed by atoms with Gasteiger partial charge in [0, 0.05) is 5.69 Å². The van der Waals surface area contributed by atoms with Gasteiger partial charge in [0.15, 0.2) is 22.4 Å². The average molecular weight is 533 g/mol. The number of thiocarbonyl (C=S) groups is 1. The summed E-state index contributed by atoms with van der Waals surface area (Å²) in [5.41, 5.74) is 5.39. The number of rotatable bonds is 8. The molecule has 1 heterocycles. The second-order valence-electron chi connectivity index (χ2n) is 8.60. The zero-order chi connectivity index (χ0) is 26.5. The maximum atomic E-state index is 13.2. The standard InChI is InChI=1S/C29H28N2O4S2/c1-5-34-25-15-21(11-13-24(25)35-17-27(32)30-22-9-7-6-8-19(22)3)16-26-28(33)31(29(36)37-26)23-12-10-18(2)14-20(23)4/h6-16H,5,17H2,1-4H3,(H,30,32)/b26-16-. The van der Waals surface area contributed by atoms with Crippen LogP contribution >= 0.6 is 24.0 Å². The van der Waals surface area contributed by atoms with Crippen LogP contribution in [0.1, 0.15) is 29.2 Å². The SMILES string of the molecule is CCOc1cc(/C=C2\SC(=S)N(c3ccc(C)cc3C)C2=O)ccc1OCC(=O)Nc1ccccc1C. The number of anilines is 2. The van der Waals surface area contributed by atoms with E-state index >= 15 is 0 Å². The number of ether oxygens (including phenoxy) is 2. The molecule has 0 saturated carbocycles. The van der Waals surface area contributed by atoms with Gasteiger partial charge in [0.25, 0.3) is 11.8 Å². The average Bonchev–Trinajstić information content (AvgIpc) is 3.13. The molecule has 37 heavy (non-hydrogen) atoms. The van der Waals surface area contributed by atoms with Gasteiger partial charge >= 0.3 is 0 Å². The summed E-state index contributed by atoms with van der Waals surface area (Å²) in [6.07, 6.45) is 1.79. The van der Waals surface area contributed by atoms with Crippen molar-refractivity contribution >= 4 is 57.6 Å². The summed E-state index contributed by atoms with van der Waals surface area (Å²) in [6, 6.07) is 18.8. The van der Waals surface area contributed by atoms with Crippen molar-refractivity contribution < 1.29 is 19.1 Å². The minimum atomic E-state index is -0.268. The summed E-state index contributed by atoms with van der Waals surface area (Å²) in [5.74, 6) is 0.510. The second kappa shape index (κ2) is 11.6. The summed E-state index contributed by atoms with van der Waals surface area (Å²) in [4.78, 5) is 27.8. The van der Waals surface area contributed by atoms with Crippen molar-refractivity contribution in [2.45, 2.75) is 27.7 Å². The number of para-hydroxylation sites is 1. The van der Waals surface area contributed by atoms with E-state index in [1.807, 2.05) is 76.2 Å². The molecule has 1 aliphatic heterocycles. The Balaban J connectivity index is 1.50. The fraction of sp³-hybridized carbons (Fsp3) is 0.207. The molecule has 2 amide bonds. The quantitative estimate of drug-likeness (QED) is 0.266. The molecule has 3 aromatic carbocycles. The van der Waals surface area contributed by atoms with E-state index in [-0.39, 0.29) is 18.4 Å². The third-order valence-corrected chi connectivity index (χ3v) is 7.03. The summed E-state index contributed by atoms with van der Waals surface area (Å²) in [5, 5.41) is 2.85. The number of aryl methyl sites for hydroxylation is 3. The predicted octanol–water partition coefficient (Wildman–Crippen LogP) is 6.43. The third-order valence-electron chi connectivity index (χ3n) is 5.73. The first-order chi connectivity index (χ1) is 17.8.